The van der Waals surface area contributed by atoms with Gasteiger partial charge in [-0.2, -0.15) is 4.98 Å². The third-order valence-corrected chi connectivity index (χ3v) is 2.82. The molecular weight excluding hydrogens is 206 g/mol. The van der Waals surface area contributed by atoms with Crippen molar-refractivity contribution in [2.75, 3.05) is 13.2 Å². The summed E-state index contributed by atoms with van der Waals surface area (Å²) in [5.41, 5.74) is 5.68. The van der Waals surface area contributed by atoms with Crippen LogP contribution in [0.5, 0.6) is 0 Å². The van der Waals surface area contributed by atoms with Gasteiger partial charge in [0.2, 0.25) is 5.89 Å². The van der Waals surface area contributed by atoms with Gasteiger partial charge in [-0.15, -0.1) is 0 Å². The predicted octanol–water partition coefficient (Wildman–Crippen LogP) is 1.24. The summed E-state index contributed by atoms with van der Waals surface area (Å²) in [6, 6.07) is 0.174. The average Bonchev–Trinajstić information content (AvgIpc) is 2.76. The van der Waals surface area contributed by atoms with Crippen LogP contribution in [0.25, 0.3) is 0 Å². The second-order valence-electron chi connectivity index (χ2n) is 4.48. The number of nitrogens with zero attached hydrogens (tertiary/aromatic N) is 2. The predicted molar refractivity (Wildman–Crippen MR) is 59.1 cm³/mol. The second-order valence-corrected chi connectivity index (χ2v) is 4.48. The molecule has 1 aromatic rings. The minimum atomic E-state index is 0.174. The zero-order valence-corrected chi connectivity index (χ0v) is 9.69. The van der Waals surface area contributed by atoms with Crippen LogP contribution in [0.15, 0.2) is 4.52 Å². The number of hydrogen-bond donors (Lipinski definition) is 1. The summed E-state index contributed by atoms with van der Waals surface area (Å²) in [5.74, 6) is 1.79. The van der Waals surface area contributed by atoms with Crippen molar-refractivity contribution in [1.29, 1.82) is 0 Å². The third-order valence-electron chi connectivity index (χ3n) is 2.82. The van der Waals surface area contributed by atoms with Crippen LogP contribution in [0.3, 0.4) is 0 Å². The molecule has 2 heterocycles. The molecule has 16 heavy (non-hydrogen) atoms. The molecule has 1 fully saturated rings. The molecule has 1 saturated heterocycles. The molecule has 90 valence electrons. The summed E-state index contributed by atoms with van der Waals surface area (Å²) in [4.78, 5) is 4.39. The first-order valence-corrected chi connectivity index (χ1v) is 5.91. The van der Waals surface area contributed by atoms with Gasteiger partial charge in [-0.1, -0.05) is 5.16 Å². The lowest BCUT2D eigenvalue weighted by molar-refractivity contribution is 0.0773. The minimum absolute atomic E-state index is 0.174. The Morgan fingerprint density at radius 2 is 2.44 bits per heavy atom. The molecule has 0 spiro atoms. The van der Waals surface area contributed by atoms with Crippen LogP contribution >= 0.6 is 0 Å². The van der Waals surface area contributed by atoms with Crippen LogP contribution in [0.1, 0.15) is 43.8 Å². The van der Waals surface area contributed by atoms with Gasteiger partial charge < -0.3 is 15.0 Å². The molecule has 0 aromatic carbocycles. The van der Waals surface area contributed by atoms with E-state index in [0.717, 1.165) is 38.1 Å². The summed E-state index contributed by atoms with van der Waals surface area (Å²) in [5, 5.41) is 4.01. The average molecular weight is 225 g/mol. The molecular formula is C11H19N3O2. The van der Waals surface area contributed by atoms with Gasteiger partial charge in [-0.3, -0.25) is 0 Å². The highest BCUT2D eigenvalue weighted by molar-refractivity contribution is 4.96. The van der Waals surface area contributed by atoms with Crippen molar-refractivity contribution >= 4 is 0 Å². The van der Waals surface area contributed by atoms with E-state index in [4.69, 9.17) is 15.0 Å². The van der Waals surface area contributed by atoms with E-state index in [1.165, 1.54) is 0 Å². The molecule has 2 rings (SSSR count). The minimum Gasteiger partial charge on any atom is -0.381 e. The van der Waals surface area contributed by atoms with Crippen LogP contribution in [0.2, 0.25) is 0 Å². The highest BCUT2D eigenvalue weighted by Gasteiger charge is 2.21. The Hall–Kier alpha value is -0.940. The van der Waals surface area contributed by atoms with E-state index < -0.39 is 0 Å². The van der Waals surface area contributed by atoms with Crippen molar-refractivity contribution in [1.82, 2.24) is 10.1 Å². The molecule has 0 saturated carbocycles. The number of aromatic nitrogens is 2. The highest BCUT2D eigenvalue weighted by Crippen LogP contribution is 2.22. The van der Waals surface area contributed by atoms with Gasteiger partial charge in [0.15, 0.2) is 5.82 Å². The summed E-state index contributed by atoms with van der Waals surface area (Å²) in [7, 11) is 0. The molecule has 0 bridgehead atoms. The first-order valence-electron chi connectivity index (χ1n) is 5.91. The monoisotopic (exact) mass is 225 g/mol. The Morgan fingerprint density at radius 3 is 3.12 bits per heavy atom. The van der Waals surface area contributed by atoms with E-state index in [1.807, 2.05) is 6.92 Å². The lowest BCUT2D eigenvalue weighted by Gasteiger charge is -2.18. The van der Waals surface area contributed by atoms with Crippen LogP contribution in [-0.2, 0) is 11.2 Å². The molecule has 5 nitrogen and oxygen atoms in total. The molecule has 2 unspecified atom stereocenters. The van der Waals surface area contributed by atoms with E-state index in [1.54, 1.807) is 0 Å². The van der Waals surface area contributed by atoms with Crippen LogP contribution in [0.4, 0.5) is 0 Å². The first-order chi connectivity index (χ1) is 7.75. The fourth-order valence-corrected chi connectivity index (χ4v) is 1.83. The maximum atomic E-state index is 5.68. The smallest absolute Gasteiger partial charge is 0.226 e. The Balaban J connectivity index is 1.90. The van der Waals surface area contributed by atoms with Gasteiger partial charge >= 0.3 is 0 Å². The third kappa shape index (κ3) is 3.02. The Kier molecular flexibility index (Phi) is 3.90. The van der Waals surface area contributed by atoms with Gasteiger partial charge in [0, 0.05) is 25.0 Å². The van der Waals surface area contributed by atoms with E-state index in [0.29, 0.717) is 18.4 Å². The number of nitrogens with two attached hydrogens (primary N) is 1. The Labute approximate surface area is 95.3 Å². The maximum Gasteiger partial charge on any atom is 0.226 e. The summed E-state index contributed by atoms with van der Waals surface area (Å²) >= 11 is 0. The molecule has 2 atom stereocenters. The van der Waals surface area contributed by atoms with Gasteiger partial charge in [-0.25, -0.2) is 0 Å². The summed E-state index contributed by atoms with van der Waals surface area (Å²) < 4.78 is 10.6. The molecule has 1 aromatic heterocycles. The lowest BCUT2D eigenvalue weighted by atomic mass is 10.0. The molecule has 2 N–H and O–H groups in total. The number of hydrogen-bond acceptors (Lipinski definition) is 5. The van der Waals surface area contributed by atoms with Gasteiger partial charge in [0.25, 0.3) is 0 Å². The largest absolute Gasteiger partial charge is 0.381 e. The molecule has 5 heteroatoms. The van der Waals surface area contributed by atoms with E-state index in [2.05, 4.69) is 10.1 Å². The molecule has 1 aliphatic rings. The number of ether oxygens (including phenoxy) is 1. The van der Waals surface area contributed by atoms with Crippen LogP contribution < -0.4 is 5.73 Å². The lowest BCUT2D eigenvalue weighted by Crippen LogP contribution is -2.17. The Bertz CT molecular complexity index is 319. The number of aryl methyl sites for hydroxylation is 1. The Morgan fingerprint density at radius 1 is 1.56 bits per heavy atom. The van der Waals surface area contributed by atoms with Gasteiger partial charge in [-0.05, 0) is 26.2 Å². The zero-order valence-electron chi connectivity index (χ0n) is 9.69. The van der Waals surface area contributed by atoms with E-state index in [-0.39, 0.29) is 6.04 Å². The van der Waals surface area contributed by atoms with Crippen molar-refractivity contribution in [3.63, 3.8) is 0 Å². The van der Waals surface area contributed by atoms with Crippen molar-refractivity contribution < 1.29 is 9.26 Å². The summed E-state index contributed by atoms with van der Waals surface area (Å²) in [6.07, 6.45) is 3.81. The first kappa shape index (κ1) is 11.5. The topological polar surface area (TPSA) is 74.2 Å². The number of rotatable bonds is 4. The van der Waals surface area contributed by atoms with E-state index in [9.17, 15) is 0 Å². The molecule has 0 amide bonds. The van der Waals surface area contributed by atoms with Crippen molar-refractivity contribution in [2.45, 2.75) is 44.6 Å². The van der Waals surface area contributed by atoms with E-state index >= 15 is 0 Å². The standard InChI is InChI=1S/C11H19N3O2/c1-8(12)4-5-10-13-11(14-16-10)9-3-2-6-15-7-9/h8-9H,2-7,12H2,1H3. The quantitative estimate of drug-likeness (QED) is 0.834. The van der Waals surface area contributed by atoms with Crippen molar-refractivity contribution in [3.8, 4) is 0 Å². The van der Waals surface area contributed by atoms with Crippen molar-refractivity contribution in [3.05, 3.63) is 11.7 Å². The fraction of sp³-hybridized carbons (Fsp3) is 0.818. The molecule has 0 radical (unpaired) electrons. The highest BCUT2D eigenvalue weighted by atomic mass is 16.5. The van der Waals surface area contributed by atoms with Gasteiger partial charge in [0.1, 0.15) is 0 Å². The van der Waals surface area contributed by atoms with Crippen LogP contribution in [-0.4, -0.2) is 29.4 Å². The zero-order chi connectivity index (χ0) is 11.4. The second kappa shape index (κ2) is 5.41. The molecule has 0 aliphatic carbocycles. The SMILES string of the molecule is CC(N)CCc1nc(C2CCCOC2)no1. The normalized spacial score (nSPS) is 23.2. The van der Waals surface area contributed by atoms with Crippen molar-refractivity contribution in [2.24, 2.45) is 5.73 Å². The molecule has 1 aliphatic heterocycles. The fourth-order valence-electron chi connectivity index (χ4n) is 1.83. The van der Waals surface area contributed by atoms with Gasteiger partial charge in [0.05, 0.1) is 6.61 Å². The maximum absolute atomic E-state index is 5.68. The van der Waals surface area contributed by atoms with Crippen LogP contribution in [0, 0.1) is 0 Å². The summed E-state index contributed by atoms with van der Waals surface area (Å²) in [6.45, 7) is 3.55.